The molecule has 0 saturated carbocycles. The first kappa shape index (κ1) is 12.4. The van der Waals surface area contributed by atoms with Crippen LogP contribution < -0.4 is 9.47 Å². The van der Waals surface area contributed by atoms with Crippen molar-refractivity contribution in [2.45, 2.75) is 66.2 Å². The van der Waals surface area contributed by atoms with E-state index in [1.807, 2.05) is 0 Å². The highest BCUT2D eigenvalue weighted by Gasteiger charge is 2.12. The summed E-state index contributed by atoms with van der Waals surface area (Å²) in [7, 11) is 1.46. The Morgan fingerprint density at radius 3 is 2.57 bits per heavy atom. The summed E-state index contributed by atoms with van der Waals surface area (Å²) in [6.45, 7) is 8.10. The lowest BCUT2D eigenvalue weighted by Crippen LogP contribution is -2.12. The second-order valence-corrected chi connectivity index (χ2v) is 5.38. The molecule has 21 heavy (non-hydrogen) atoms. The second kappa shape index (κ2) is 9.70. The number of hydrogen-bond donors (Lipinski definition) is 0. The lowest BCUT2D eigenvalue weighted by molar-refractivity contribution is 0.231. The quantitative estimate of drug-likeness (QED) is 0.563. The molecule has 0 saturated heterocycles. The first-order chi connectivity index (χ1) is 11.8. The molecule has 2 nitrogen and oxygen atoms in total. The van der Waals surface area contributed by atoms with Gasteiger partial charge in [-0.25, -0.2) is 0 Å². The first-order valence-electron chi connectivity index (χ1n) is 10.1. The van der Waals surface area contributed by atoms with E-state index in [2.05, 4.69) is 13.8 Å². The molecule has 0 amide bonds. The third-order valence-electron chi connectivity index (χ3n) is 3.68. The van der Waals surface area contributed by atoms with Crippen molar-refractivity contribution in [3.63, 3.8) is 0 Å². The van der Waals surface area contributed by atoms with Crippen LogP contribution in [0.1, 0.15) is 69.5 Å². The van der Waals surface area contributed by atoms with E-state index in [0.29, 0.717) is 29.4 Å². The molecule has 0 spiro atoms. The molecule has 0 heterocycles. The normalized spacial score (nSPS) is 18.0. The Morgan fingerprint density at radius 2 is 2.00 bits per heavy atom. The van der Waals surface area contributed by atoms with Gasteiger partial charge in [0.1, 0.15) is 11.5 Å². The molecule has 3 atom stereocenters. The molecular weight excluding hydrogens is 260 g/mol. The summed E-state index contributed by atoms with van der Waals surface area (Å²) in [6.07, 6.45) is 2.66. The molecule has 0 aliphatic heterocycles. The number of unbranched alkanes of at least 4 members (excludes halogenated alkanes) is 1. The highest BCUT2D eigenvalue weighted by molar-refractivity contribution is 5.46. The minimum Gasteiger partial charge on any atom is -0.496 e. The van der Waals surface area contributed by atoms with Crippen molar-refractivity contribution in [2.75, 3.05) is 13.7 Å². The summed E-state index contributed by atoms with van der Waals surface area (Å²) in [6, 6.07) is 0.220. The summed E-state index contributed by atoms with van der Waals surface area (Å²) in [5.41, 5.74) is 0.831. The maximum atomic E-state index is 8.42. The minimum absolute atomic E-state index is 0.0618. The third kappa shape index (κ3) is 5.61. The lowest BCUT2D eigenvalue weighted by atomic mass is 10.0. The van der Waals surface area contributed by atoms with E-state index in [4.69, 9.17) is 15.0 Å². The van der Waals surface area contributed by atoms with Crippen LogP contribution in [0, 0.1) is 12.8 Å². The average Bonchev–Trinajstić information content (AvgIpc) is 2.59. The fraction of sp³-hybridized carbons (Fsp3) is 0.684. The van der Waals surface area contributed by atoms with Gasteiger partial charge in [0.15, 0.2) is 0 Å². The topological polar surface area (TPSA) is 18.5 Å². The maximum absolute atomic E-state index is 8.42. The van der Waals surface area contributed by atoms with Gasteiger partial charge in [-0.2, -0.15) is 0 Å². The van der Waals surface area contributed by atoms with E-state index in [1.165, 1.54) is 7.11 Å². The molecule has 120 valence electrons. The van der Waals surface area contributed by atoms with Gasteiger partial charge in [0.25, 0.3) is 0 Å². The van der Waals surface area contributed by atoms with Crippen molar-refractivity contribution >= 4 is 0 Å². The number of methoxy groups -OCH3 is 1. The minimum atomic E-state index is -0.947. The summed E-state index contributed by atoms with van der Waals surface area (Å²) < 4.78 is 44.3. The zero-order valence-electron chi connectivity index (χ0n) is 18.1. The third-order valence-corrected chi connectivity index (χ3v) is 3.68. The molecule has 1 aromatic rings. The van der Waals surface area contributed by atoms with Crippen LogP contribution >= 0.6 is 0 Å². The Balaban J connectivity index is 3.27. The van der Waals surface area contributed by atoms with E-state index >= 15 is 0 Å². The van der Waals surface area contributed by atoms with E-state index in [9.17, 15) is 0 Å². The predicted octanol–water partition coefficient (Wildman–Crippen LogP) is 5.55. The summed E-state index contributed by atoms with van der Waals surface area (Å²) in [5.74, 6) is 0.960. The van der Waals surface area contributed by atoms with Gasteiger partial charge in [-0.15, -0.1) is 0 Å². The zero-order valence-corrected chi connectivity index (χ0v) is 14.1. The van der Waals surface area contributed by atoms with Gasteiger partial charge in [-0.1, -0.05) is 46.4 Å². The molecule has 0 bridgehead atoms. The molecule has 0 fully saturated rings. The molecule has 1 rings (SSSR count). The Morgan fingerprint density at radius 1 is 1.24 bits per heavy atom. The number of benzene rings is 1. The van der Waals surface area contributed by atoms with Gasteiger partial charge >= 0.3 is 0 Å². The van der Waals surface area contributed by atoms with Crippen LogP contribution in [0.2, 0.25) is 0 Å². The fourth-order valence-electron chi connectivity index (χ4n) is 2.27. The Kier molecular flexibility index (Phi) is 5.72. The van der Waals surface area contributed by atoms with E-state index in [0.717, 1.165) is 25.7 Å². The van der Waals surface area contributed by atoms with Crippen molar-refractivity contribution in [1.29, 1.82) is 0 Å². The molecule has 0 aliphatic rings. The van der Waals surface area contributed by atoms with Gasteiger partial charge in [0.05, 0.1) is 16.5 Å². The average molecular weight is 296 g/mol. The fourth-order valence-corrected chi connectivity index (χ4v) is 2.27. The van der Waals surface area contributed by atoms with Gasteiger partial charge < -0.3 is 9.47 Å². The largest absolute Gasteiger partial charge is 0.496 e. The van der Waals surface area contributed by atoms with Crippen LogP contribution in [-0.4, -0.2) is 13.7 Å². The highest BCUT2D eigenvalue weighted by Crippen LogP contribution is 2.30. The summed E-state index contributed by atoms with van der Waals surface area (Å²) >= 11 is 0. The summed E-state index contributed by atoms with van der Waals surface area (Å²) in [5, 5.41) is 0. The van der Waals surface area contributed by atoms with Crippen molar-refractivity contribution in [3.05, 3.63) is 23.2 Å². The molecule has 1 aromatic carbocycles. The maximum Gasteiger partial charge on any atom is 0.123 e. The first-order valence-corrected chi connectivity index (χ1v) is 7.94. The number of rotatable bonds is 10. The number of hydrogen-bond acceptors (Lipinski definition) is 2. The van der Waals surface area contributed by atoms with Gasteiger partial charge in [0.2, 0.25) is 0 Å². The van der Waals surface area contributed by atoms with Crippen LogP contribution in [0.4, 0.5) is 0 Å². The molecule has 2 heteroatoms. The Hall–Kier alpha value is -1.18. The van der Waals surface area contributed by atoms with Crippen LogP contribution in [0.5, 0.6) is 11.5 Å². The van der Waals surface area contributed by atoms with E-state index in [1.54, 1.807) is 13.8 Å². The van der Waals surface area contributed by atoms with E-state index in [-0.39, 0.29) is 17.8 Å². The van der Waals surface area contributed by atoms with Crippen LogP contribution in [0.15, 0.2) is 12.1 Å². The standard InChI is InChI=1S/C19H32O2/c1-6-9-11-16(8-3)14-21-19-12-15(4)18(20-5)13-17(19)10-7-2/h12-13,16H,6-11,14H2,1-5H3/i7D,10D,12D,13D. The second-order valence-electron chi connectivity index (χ2n) is 5.38. The van der Waals surface area contributed by atoms with Gasteiger partial charge in [-0.05, 0) is 48.9 Å². The Bertz CT molecular complexity index is 561. The van der Waals surface area contributed by atoms with Gasteiger partial charge in [0, 0.05) is 2.74 Å². The molecule has 0 aliphatic carbocycles. The van der Waals surface area contributed by atoms with Crippen molar-refractivity contribution in [1.82, 2.24) is 0 Å². The molecule has 0 aromatic heterocycles. The highest BCUT2D eigenvalue weighted by atomic mass is 16.5. The van der Waals surface area contributed by atoms with Crippen molar-refractivity contribution < 1.29 is 15.0 Å². The monoisotopic (exact) mass is 296 g/mol. The lowest BCUT2D eigenvalue weighted by Gasteiger charge is -2.19. The van der Waals surface area contributed by atoms with Crippen LogP contribution in [-0.2, 0) is 6.40 Å². The molecule has 0 radical (unpaired) electrons. The van der Waals surface area contributed by atoms with Gasteiger partial charge in [-0.3, -0.25) is 0 Å². The van der Waals surface area contributed by atoms with Crippen LogP contribution in [0.25, 0.3) is 0 Å². The molecule has 3 unspecified atom stereocenters. The van der Waals surface area contributed by atoms with Crippen LogP contribution in [0.3, 0.4) is 0 Å². The zero-order chi connectivity index (χ0) is 19.1. The van der Waals surface area contributed by atoms with E-state index < -0.39 is 12.8 Å². The van der Waals surface area contributed by atoms with Crippen molar-refractivity contribution in [2.24, 2.45) is 5.92 Å². The Labute approximate surface area is 136 Å². The summed E-state index contributed by atoms with van der Waals surface area (Å²) in [4.78, 5) is 0. The smallest absolute Gasteiger partial charge is 0.123 e. The SMILES string of the molecule is [2H]c1c(C)c(OC)c([2H])c(C([2H])C([2H])C)c1OCC(CC)CCCC. The predicted molar refractivity (Wildman–Crippen MR) is 90.5 cm³/mol. The number of ether oxygens (including phenoxy) is 2. The molecular formula is C19H32O2. The molecule has 0 N–H and O–H groups in total. The van der Waals surface area contributed by atoms with Crippen molar-refractivity contribution in [3.8, 4) is 11.5 Å².